The summed E-state index contributed by atoms with van der Waals surface area (Å²) in [7, 11) is 5.81. The van der Waals surface area contributed by atoms with E-state index in [1.807, 2.05) is 0 Å². The molecule has 0 amide bonds. The van der Waals surface area contributed by atoms with Crippen LogP contribution in [0.4, 0.5) is 34.6 Å². The molecule has 0 aliphatic heterocycles. The monoisotopic (exact) mass is 686 g/mol. The largest absolute Gasteiger partial charge is 0.465 e. The fourth-order valence-electron chi connectivity index (χ4n) is 4.90. The average Bonchev–Trinajstić information content (AvgIpc) is 3.86. The third-order valence-electron chi connectivity index (χ3n) is 7.65. The van der Waals surface area contributed by atoms with E-state index < -0.39 is 11.9 Å². The van der Waals surface area contributed by atoms with Crippen molar-refractivity contribution in [2.45, 2.75) is 52.4 Å². The molecule has 20 nitrogen and oxygen atoms in total. The minimum absolute atomic E-state index is 0.151. The van der Waals surface area contributed by atoms with Crippen molar-refractivity contribution in [3.05, 3.63) is 47.3 Å². The molecule has 5 aromatic heterocycles. The van der Waals surface area contributed by atoms with Crippen molar-refractivity contribution in [2.24, 2.45) is 34.6 Å². The molecule has 0 aromatic carbocycles. The highest BCUT2D eigenvalue weighted by atomic mass is 16.5. The lowest BCUT2D eigenvalue weighted by molar-refractivity contribution is 0.0592. The van der Waals surface area contributed by atoms with Crippen LogP contribution in [0.15, 0.2) is 45.2 Å². The first-order chi connectivity index (χ1) is 24.1. The first-order valence-corrected chi connectivity index (χ1v) is 15.7. The summed E-state index contributed by atoms with van der Waals surface area (Å²) < 4.78 is 15.4. The minimum Gasteiger partial charge on any atom is -0.465 e. The van der Waals surface area contributed by atoms with E-state index in [0.717, 1.165) is 25.7 Å². The number of anilines is 2. The number of ether oxygens (including phenoxy) is 2. The molecule has 5 aromatic rings. The van der Waals surface area contributed by atoms with Gasteiger partial charge in [-0.1, -0.05) is 26.7 Å². The van der Waals surface area contributed by atoms with Gasteiger partial charge in [0.2, 0.25) is 0 Å². The van der Waals surface area contributed by atoms with E-state index in [1.165, 1.54) is 51.7 Å². The molecule has 0 aliphatic rings. The Morgan fingerprint density at radius 2 is 1.14 bits per heavy atom. The van der Waals surface area contributed by atoms with E-state index in [9.17, 15) is 9.59 Å². The third kappa shape index (κ3) is 6.93. The molecule has 50 heavy (non-hydrogen) atoms. The Hall–Kier alpha value is -6.34. The van der Waals surface area contributed by atoms with Crippen LogP contribution in [-0.4, -0.2) is 75.2 Å². The molecule has 20 heteroatoms. The van der Waals surface area contributed by atoms with Crippen molar-refractivity contribution in [1.29, 1.82) is 0 Å². The zero-order valence-corrected chi connectivity index (χ0v) is 28.6. The van der Waals surface area contributed by atoms with Crippen LogP contribution in [0.2, 0.25) is 0 Å². The molecule has 0 fully saturated rings. The number of unbranched alkanes of at least 4 members (excludes halogenated alkanes) is 2. The van der Waals surface area contributed by atoms with Crippen molar-refractivity contribution < 1.29 is 19.1 Å². The minimum atomic E-state index is -0.598. The van der Waals surface area contributed by atoms with E-state index in [2.05, 4.69) is 54.5 Å². The van der Waals surface area contributed by atoms with Gasteiger partial charge in [-0.3, -0.25) is 0 Å². The Labute approximate surface area is 286 Å². The summed E-state index contributed by atoms with van der Waals surface area (Å²) in [4.78, 5) is 33.3. The Morgan fingerprint density at radius 1 is 0.720 bits per heavy atom. The molecule has 5 rings (SSSR count). The molecule has 0 spiro atoms. The number of nitrogens with two attached hydrogens (primary N) is 2. The number of aromatic nitrogens is 10. The van der Waals surface area contributed by atoms with Crippen molar-refractivity contribution in [3.63, 3.8) is 0 Å². The van der Waals surface area contributed by atoms with Crippen LogP contribution in [0.3, 0.4) is 0 Å². The number of aryl methyl sites for hydroxylation is 4. The summed E-state index contributed by atoms with van der Waals surface area (Å²) in [5, 5.41) is 35.0. The van der Waals surface area contributed by atoms with Crippen molar-refractivity contribution in [3.8, 4) is 11.6 Å². The molecule has 4 N–H and O–H groups in total. The number of carbonyl (C=O) groups excluding carboxylic acids is 2. The van der Waals surface area contributed by atoms with Gasteiger partial charge in [-0.25, -0.2) is 28.9 Å². The van der Waals surface area contributed by atoms with Crippen LogP contribution >= 0.6 is 0 Å². The van der Waals surface area contributed by atoms with Gasteiger partial charge in [0.15, 0.2) is 46.3 Å². The summed E-state index contributed by atoms with van der Waals surface area (Å²) >= 11 is 0. The molecular formula is C30H38N16O4. The van der Waals surface area contributed by atoms with Crippen molar-refractivity contribution in [1.82, 2.24) is 49.1 Å². The first kappa shape index (κ1) is 35.0. The fourth-order valence-corrected chi connectivity index (χ4v) is 4.90. The molecular weight excluding hydrogens is 648 g/mol. The second kappa shape index (κ2) is 15.3. The quantitative estimate of drug-likeness (QED) is 0.120. The highest BCUT2D eigenvalue weighted by Gasteiger charge is 2.23. The van der Waals surface area contributed by atoms with E-state index in [-0.39, 0.29) is 34.4 Å². The predicted molar refractivity (Wildman–Crippen MR) is 180 cm³/mol. The van der Waals surface area contributed by atoms with Crippen LogP contribution in [-0.2, 0) is 36.4 Å². The van der Waals surface area contributed by atoms with Crippen molar-refractivity contribution >= 4 is 46.6 Å². The normalized spacial score (nSPS) is 11.6. The van der Waals surface area contributed by atoms with E-state index in [0.29, 0.717) is 47.2 Å². The van der Waals surface area contributed by atoms with Gasteiger partial charge >= 0.3 is 11.9 Å². The van der Waals surface area contributed by atoms with Gasteiger partial charge in [0.1, 0.15) is 17.5 Å². The van der Waals surface area contributed by atoms with Gasteiger partial charge in [0, 0.05) is 20.2 Å². The number of nitrogens with zero attached hydrogens (tertiary/aromatic N) is 14. The molecule has 0 bridgehead atoms. The number of rotatable bonds is 14. The zero-order valence-electron chi connectivity index (χ0n) is 28.6. The standard InChI is InChI=1S/C30H38N16O4/c1-7-9-11-19-23(37-39-27-17(29(47)49-5)14-35-43(27)3)25(31)45(41-19)21-13-22(34-16-33-21)46-26(32)24(20(42-46)12-10-8-2)38-40-28-18(30(48)50-6)15-36-44(28)4/h13-16H,7-12,31-32H2,1-6H3. The van der Waals surface area contributed by atoms with Gasteiger partial charge in [-0.15, -0.1) is 20.5 Å². The van der Waals surface area contributed by atoms with Gasteiger partial charge in [-0.05, 0) is 25.7 Å². The van der Waals surface area contributed by atoms with Crippen LogP contribution in [0.1, 0.15) is 71.6 Å². The highest BCUT2D eigenvalue weighted by Crippen LogP contribution is 2.35. The number of carbonyl (C=O) groups is 2. The highest BCUT2D eigenvalue weighted by molar-refractivity contribution is 5.94. The third-order valence-corrected chi connectivity index (χ3v) is 7.65. The summed E-state index contributed by atoms with van der Waals surface area (Å²) in [6.45, 7) is 4.12. The van der Waals surface area contributed by atoms with Gasteiger partial charge in [-0.2, -0.15) is 29.8 Å². The number of hydrogen-bond donors (Lipinski definition) is 2. The number of methoxy groups -OCH3 is 2. The van der Waals surface area contributed by atoms with Gasteiger partial charge in [0.25, 0.3) is 0 Å². The molecule has 0 atom stereocenters. The Bertz CT molecular complexity index is 1930. The number of nitrogen functional groups attached to an aromatic ring is 2. The molecule has 0 saturated heterocycles. The van der Waals surface area contributed by atoms with Crippen LogP contribution in [0.25, 0.3) is 11.6 Å². The lowest BCUT2D eigenvalue weighted by Crippen LogP contribution is -2.09. The fraction of sp³-hybridized carbons (Fsp3) is 0.400. The molecule has 0 aliphatic carbocycles. The Morgan fingerprint density at radius 3 is 1.52 bits per heavy atom. The molecule has 5 heterocycles. The number of esters is 2. The summed E-state index contributed by atoms with van der Waals surface area (Å²) in [5.74, 6) is 0.145. The molecule has 0 unspecified atom stereocenters. The molecule has 0 saturated carbocycles. The first-order valence-electron chi connectivity index (χ1n) is 15.7. The van der Waals surface area contributed by atoms with Crippen LogP contribution in [0, 0.1) is 0 Å². The smallest absolute Gasteiger partial charge is 0.343 e. The summed E-state index contributed by atoms with van der Waals surface area (Å²) in [6, 6.07) is 1.62. The lowest BCUT2D eigenvalue weighted by Gasteiger charge is -2.06. The lowest BCUT2D eigenvalue weighted by atomic mass is 10.2. The van der Waals surface area contributed by atoms with Gasteiger partial charge < -0.3 is 20.9 Å². The van der Waals surface area contributed by atoms with Gasteiger partial charge in [0.05, 0.1) is 38.0 Å². The second-order valence-electron chi connectivity index (χ2n) is 11.0. The molecule has 0 radical (unpaired) electrons. The van der Waals surface area contributed by atoms with Crippen molar-refractivity contribution in [2.75, 3.05) is 25.7 Å². The second-order valence-corrected chi connectivity index (χ2v) is 11.0. The Kier molecular flexibility index (Phi) is 10.7. The SMILES string of the molecule is CCCCc1nn(-c2cc(-n3nc(CCCC)c(N=Nc4c(C(=O)OC)cnn4C)c3N)ncn2)c(N)c1N=Nc1c(C(=O)OC)cnn1C. The van der Waals surface area contributed by atoms with Crippen LogP contribution in [0.5, 0.6) is 0 Å². The average molecular weight is 687 g/mol. The predicted octanol–water partition coefficient (Wildman–Crippen LogP) is 4.57. The van der Waals surface area contributed by atoms with E-state index >= 15 is 0 Å². The maximum atomic E-state index is 12.2. The van der Waals surface area contributed by atoms with Crippen LogP contribution < -0.4 is 11.5 Å². The number of azo groups is 2. The Balaban J connectivity index is 1.55. The van der Waals surface area contributed by atoms with E-state index in [4.69, 9.17) is 31.1 Å². The summed E-state index contributed by atoms with van der Waals surface area (Å²) in [6.07, 6.45) is 8.60. The number of hydrogen-bond acceptors (Lipinski definition) is 16. The maximum absolute atomic E-state index is 12.2. The topological polar surface area (TPSA) is 251 Å². The summed E-state index contributed by atoms with van der Waals surface area (Å²) in [5.41, 5.74) is 15.3. The maximum Gasteiger partial charge on any atom is 0.343 e. The van der Waals surface area contributed by atoms with E-state index in [1.54, 1.807) is 20.2 Å². The molecule has 262 valence electrons. The zero-order chi connectivity index (χ0) is 35.9.